The fourth-order valence-electron chi connectivity index (χ4n) is 2.74. The summed E-state index contributed by atoms with van der Waals surface area (Å²) in [6.45, 7) is 0.806. The van der Waals surface area contributed by atoms with Crippen LogP contribution in [0.25, 0.3) is 11.0 Å². The first kappa shape index (κ1) is 17.5. The van der Waals surface area contributed by atoms with E-state index in [1.165, 1.54) is 11.8 Å². The zero-order valence-corrected chi connectivity index (χ0v) is 15.5. The molecular weight excluding hydrogens is 366 g/mol. The molecule has 27 heavy (non-hydrogen) atoms. The summed E-state index contributed by atoms with van der Waals surface area (Å²) < 4.78 is 16.7. The number of rotatable bonds is 6. The SMILES string of the molecule is COc1ccc2nc(SCC(=O)NCC3COc4ccccc4O3)[nH]c2c1. The minimum atomic E-state index is -0.201. The summed E-state index contributed by atoms with van der Waals surface area (Å²) in [6.07, 6.45) is -0.201. The van der Waals surface area contributed by atoms with E-state index in [1.54, 1.807) is 7.11 Å². The second kappa shape index (κ2) is 7.79. The Hall–Kier alpha value is -2.87. The lowest BCUT2D eigenvalue weighted by Gasteiger charge is -2.26. The van der Waals surface area contributed by atoms with Gasteiger partial charge in [-0.15, -0.1) is 0 Å². The molecule has 4 rings (SSSR count). The van der Waals surface area contributed by atoms with Gasteiger partial charge in [0.05, 0.1) is 30.4 Å². The van der Waals surface area contributed by atoms with Crippen LogP contribution < -0.4 is 19.5 Å². The molecule has 0 bridgehead atoms. The molecule has 8 heteroatoms. The first-order valence-corrected chi connectivity index (χ1v) is 9.51. The van der Waals surface area contributed by atoms with Crippen LogP contribution in [0.1, 0.15) is 0 Å². The molecule has 3 aromatic rings. The molecule has 0 fully saturated rings. The van der Waals surface area contributed by atoms with Crippen molar-refractivity contribution in [1.82, 2.24) is 15.3 Å². The Morgan fingerprint density at radius 1 is 1.33 bits per heavy atom. The average Bonchev–Trinajstić information content (AvgIpc) is 3.12. The molecule has 1 unspecified atom stereocenters. The summed E-state index contributed by atoms with van der Waals surface area (Å²) >= 11 is 1.35. The van der Waals surface area contributed by atoms with Crippen LogP contribution >= 0.6 is 11.8 Å². The van der Waals surface area contributed by atoms with Gasteiger partial charge in [-0.05, 0) is 24.3 Å². The number of H-pyrrole nitrogens is 1. The van der Waals surface area contributed by atoms with Gasteiger partial charge in [-0.2, -0.15) is 0 Å². The lowest BCUT2D eigenvalue weighted by atomic mass is 10.2. The molecular formula is C19H19N3O4S. The number of carbonyl (C=O) groups excluding carboxylic acids is 1. The van der Waals surface area contributed by atoms with E-state index in [-0.39, 0.29) is 17.8 Å². The quantitative estimate of drug-likeness (QED) is 0.635. The largest absolute Gasteiger partial charge is 0.497 e. The zero-order chi connectivity index (χ0) is 18.6. The van der Waals surface area contributed by atoms with Crippen LogP contribution in [0, 0.1) is 0 Å². The monoisotopic (exact) mass is 385 g/mol. The Balaban J connectivity index is 1.26. The molecule has 2 heterocycles. The number of imidazole rings is 1. The minimum Gasteiger partial charge on any atom is -0.497 e. The van der Waals surface area contributed by atoms with Crippen molar-refractivity contribution in [2.45, 2.75) is 11.3 Å². The van der Waals surface area contributed by atoms with Gasteiger partial charge in [0.25, 0.3) is 0 Å². The van der Waals surface area contributed by atoms with Gasteiger partial charge < -0.3 is 24.5 Å². The second-order valence-corrected chi connectivity index (χ2v) is 6.98. The lowest BCUT2D eigenvalue weighted by Crippen LogP contribution is -2.41. The van der Waals surface area contributed by atoms with E-state index in [0.29, 0.717) is 24.1 Å². The van der Waals surface area contributed by atoms with Crippen LogP contribution in [-0.4, -0.2) is 48.0 Å². The van der Waals surface area contributed by atoms with Crippen LogP contribution in [0.4, 0.5) is 0 Å². The predicted octanol–water partition coefficient (Wildman–Crippen LogP) is 2.62. The number of amides is 1. The van der Waals surface area contributed by atoms with Crippen molar-refractivity contribution in [1.29, 1.82) is 0 Å². The smallest absolute Gasteiger partial charge is 0.230 e. The molecule has 0 spiro atoms. The Labute approximate surface area is 160 Å². The summed E-state index contributed by atoms with van der Waals surface area (Å²) in [5.74, 6) is 2.38. The Morgan fingerprint density at radius 3 is 3.04 bits per heavy atom. The summed E-state index contributed by atoms with van der Waals surface area (Å²) in [4.78, 5) is 19.8. The number of carbonyl (C=O) groups is 1. The van der Waals surface area contributed by atoms with Gasteiger partial charge in [-0.3, -0.25) is 4.79 Å². The summed E-state index contributed by atoms with van der Waals surface area (Å²) in [7, 11) is 1.62. The normalized spacial score (nSPS) is 15.5. The standard InChI is InChI=1S/C19H19N3O4S/c1-24-12-6-7-14-15(8-12)22-19(21-14)27-11-18(23)20-9-13-10-25-16-4-2-3-5-17(16)26-13/h2-8,13H,9-11H2,1H3,(H,20,23)(H,21,22). The third kappa shape index (κ3) is 4.11. The van der Waals surface area contributed by atoms with E-state index in [4.69, 9.17) is 14.2 Å². The number of fused-ring (bicyclic) bond motifs is 2. The highest BCUT2D eigenvalue weighted by atomic mass is 32.2. The highest BCUT2D eigenvalue weighted by Crippen LogP contribution is 2.30. The maximum absolute atomic E-state index is 12.1. The van der Waals surface area contributed by atoms with Crippen molar-refractivity contribution in [3.63, 3.8) is 0 Å². The molecule has 1 atom stereocenters. The Morgan fingerprint density at radius 2 is 2.19 bits per heavy atom. The first-order chi connectivity index (χ1) is 13.2. The summed E-state index contributed by atoms with van der Waals surface area (Å²) in [5, 5.41) is 3.57. The lowest BCUT2D eigenvalue weighted by molar-refractivity contribution is -0.119. The van der Waals surface area contributed by atoms with Crippen molar-refractivity contribution >= 4 is 28.7 Å². The predicted molar refractivity (Wildman–Crippen MR) is 103 cm³/mol. The molecule has 0 saturated heterocycles. The third-order valence-electron chi connectivity index (χ3n) is 4.10. The molecule has 0 radical (unpaired) electrons. The van der Waals surface area contributed by atoms with Gasteiger partial charge >= 0.3 is 0 Å². The number of benzene rings is 2. The molecule has 1 aliphatic heterocycles. The topological polar surface area (TPSA) is 85.5 Å². The van der Waals surface area contributed by atoms with Crippen LogP contribution in [0.5, 0.6) is 17.2 Å². The van der Waals surface area contributed by atoms with E-state index < -0.39 is 0 Å². The van der Waals surface area contributed by atoms with Crippen LogP contribution in [0.15, 0.2) is 47.6 Å². The van der Waals surface area contributed by atoms with Crippen LogP contribution in [0.3, 0.4) is 0 Å². The van der Waals surface area contributed by atoms with Gasteiger partial charge in [0, 0.05) is 6.07 Å². The van der Waals surface area contributed by atoms with E-state index in [9.17, 15) is 4.79 Å². The number of nitrogens with zero attached hydrogens (tertiary/aromatic N) is 1. The molecule has 0 aliphatic carbocycles. The van der Waals surface area contributed by atoms with Gasteiger partial charge in [0.15, 0.2) is 16.7 Å². The number of aromatic amines is 1. The Bertz CT molecular complexity index is 959. The summed E-state index contributed by atoms with van der Waals surface area (Å²) in [6, 6.07) is 13.1. The van der Waals surface area contributed by atoms with Crippen LogP contribution in [-0.2, 0) is 4.79 Å². The molecule has 0 saturated carbocycles. The van der Waals surface area contributed by atoms with Crippen molar-refractivity contribution in [2.24, 2.45) is 0 Å². The minimum absolute atomic E-state index is 0.0829. The van der Waals surface area contributed by atoms with E-state index in [1.807, 2.05) is 42.5 Å². The van der Waals surface area contributed by atoms with Gasteiger partial charge in [0.2, 0.25) is 5.91 Å². The van der Waals surface area contributed by atoms with E-state index in [2.05, 4.69) is 15.3 Å². The third-order valence-corrected chi connectivity index (χ3v) is 4.98. The number of hydrogen-bond acceptors (Lipinski definition) is 6. The average molecular weight is 385 g/mol. The number of thioether (sulfide) groups is 1. The maximum Gasteiger partial charge on any atom is 0.230 e. The fraction of sp³-hybridized carbons (Fsp3) is 0.263. The molecule has 1 aromatic heterocycles. The molecule has 1 amide bonds. The van der Waals surface area contributed by atoms with Crippen molar-refractivity contribution in [3.8, 4) is 17.2 Å². The van der Waals surface area contributed by atoms with Crippen molar-refractivity contribution in [2.75, 3.05) is 26.0 Å². The summed E-state index contributed by atoms with van der Waals surface area (Å²) in [5.41, 5.74) is 1.72. The van der Waals surface area contributed by atoms with Crippen molar-refractivity contribution < 1.29 is 19.0 Å². The van der Waals surface area contributed by atoms with Gasteiger partial charge in [-0.25, -0.2) is 4.98 Å². The number of ether oxygens (including phenoxy) is 3. The number of methoxy groups -OCH3 is 1. The maximum atomic E-state index is 12.1. The van der Waals surface area contributed by atoms with Gasteiger partial charge in [0.1, 0.15) is 18.5 Å². The fourth-order valence-corrected chi connectivity index (χ4v) is 3.45. The van der Waals surface area contributed by atoms with Crippen molar-refractivity contribution in [3.05, 3.63) is 42.5 Å². The highest BCUT2D eigenvalue weighted by Gasteiger charge is 2.21. The molecule has 1 aliphatic rings. The zero-order valence-electron chi connectivity index (χ0n) is 14.7. The number of nitrogens with one attached hydrogen (secondary N) is 2. The first-order valence-electron chi connectivity index (χ1n) is 8.53. The second-order valence-electron chi connectivity index (χ2n) is 6.02. The van der Waals surface area contributed by atoms with Crippen LogP contribution in [0.2, 0.25) is 0 Å². The van der Waals surface area contributed by atoms with Gasteiger partial charge in [-0.1, -0.05) is 23.9 Å². The molecule has 7 nitrogen and oxygen atoms in total. The Kier molecular flexibility index (Phi) is 5.06. The molecule has 140 valence electrons. The highest BCUT2D eigenvalue weighted by molar-refractivity contribution is 7.99. The van der Waals surface area contributed by atoms with E-state index >= 15 is 0 Å². The molecule has 2 N–H and O–H groups in total. The number of aromatic nitrogens is 2. The van der Waals surface area contributed by atoms with E-state index in [0.717, 1.165) is 22.5 Å². The number of para-hydroxylation sites is 2. The molecule has 2 aromatic carbocycles. The number of hydrogen-bond donors (Lipinski definition) is 2.